The van der Waals surface area contributed by atoms with Gasteiger partial charge in [-0.2, -0.15) is 0 Å². The van der Waals surface area contributed by atoms with Crippen molar-refractivity contribution in [2.45, 2.75) is 79.6 Å². The Balaban J connectivity index is 0.000000258. The molecule has 4 heterocycles. The van der Waals surface area contributed by atoms with Crippen molar-refractivity contribution >= 4 is 71.1 Å². The maximum Gasteiger partial charge on any atom is 0.327 e. The van der Waals surface area contributed by atoms with Crippen LogP contribution in [-0.4, -0.2) is 135 Å². The molecule has 394 valence electrons. The molecule has 0 unspecified atom stereocenters. The van der Waals surface area contributed by atoms with Gasteiger partial charge in [-0.15, -0.1) is 0 Å². The standard InChI is InChI=1S/4C13H13NO4.2Rh/c4*1-7(2)10(13(17)18)14-11(15)8-5-3-4-6-9(8)12(14)16;;/h4*3-7,10H,1-2H3,(H,17,18);;/t4*10-;;/m0000../s1. The molecule has 8 amide bonds. The third-order valence-electron chi connectivity index (χ3n) is 12.0. The van der Waals surface area contributed by atoms with Crippen LogP contribution in [0, 0.1) is 23.7 Å². The van der Waals surface area contributed by atoms with Gasteiger partial charge < -0.3 is 20.4 Å². The second-order valence-electron chi connectivity index (χ2n) is 18.2. The number of hydrogen-bond donors (Lipinski definition) is 4. The van der Waals surface area contributed by atoms with Gasteiger partial charge in [0.2, 0.25) is 0 Å². The molecule has 4 aromatic rings. The molecule has 22 heteroatoms. The van der Waals surface area contributed by atoms with Gasteiger partial charge in [0.05, 0.1) is 44.5 Å². The van der Waals surface area contributed by atoms with Crippen molar-refractivity contribution in [1.82, 2.24) is 19.6 Å². The average Bonchev–Trinajstić information content (AvgIpc) is 3.91. The summed E-state index contributed by atoms with van der Waals surface area (Å²) in [6, 6.07) is 21.0. The fourth-order valence-corrected chi connectivity index (χ4v) is 8.62. The van der Waals surface area contributed by atoms with E-state index in [0.29, 0.717) is 0 Å². The Morgan fingerprint density at radius 2 is 0.392 bits per heavy atom. The first-order valence-electron chi connectivity index (χ1n) is 22.6. The summed E-state index contributed by atoms with van der Waals surface area (Å²) >= 11 is 0. The Bertz CT molecular complexity index is 2410. The molecular formula is C52H52N4O16Rh2. The minimum absolute atomic E-state index is 0. The van der Waals surface area contributed by atoms with E-state index in [2.05, 4.69) is 0 Å². The number of fused-ring (bicyclic) bond motifs is 4. The van der Waals surface area contributed by atoms with Crippen molar-refractivity contribution in [3.05, 3.63) is 142 Å². The van der Waals surface area contributed by atoms with Crippen LogP contribution in [0.5, 0.6) is 0 Å². The molecule has 4 aromatic carbocycles. The predicted octanol–water partition coefficient (Wildman–Crippen LogP) is 5.56. The van der Waals surface area contributed by atoms with Crippen LogP contribution in [0.15, 0.2) is 97.1 Å². The molecule has 0 saturated carbocycles. The molecule has 74 heavy (non-hydrogen) atoms. The van der Waals surface area contributed by atoms with E-state index >= 15 is 0 Å². The van der Waals surface area contributed by atoms with Crippen LogP contribution in [0.25, 0.3) is 0 Å². The molecule has 2 radical (unpaired) electrons. The molecule has 0 spiro atoms. The van der Waals surface area contributed by atoms with E-state index in [-0.39, 0.29) is 107 Å². The minimum atomic E-state index is -1.17. The zero-order valence-electron chi connectivity index (χ0n) is 41.0. The van der Waals surface area contributed by atoms with Crippen LogP contribution in [0.3, 0.4) is 0 Å². The second-order valence-corrected chi connectivity index (χ2v) is 18.2. The molecule has 0 aromatic heterocycles. The largest absolute Gasteiger partial charge is 0.480 e. The van der Waals surface area contributed by atoms with Crippen molar-refractivity contribution in [2.24, 2.45) is 23.7 Å². The van der Waals surface area contributed by atoms with Gasteiger partial charge in [-0.05, 0) is 72.2 Å². The zero-order valence-corrected chi connectivity index (χ0v) is 44.3. The predicted molar refractivity (Wildman–Crippen MR) is 253 cm³/mol. The number of nitrogens with zero attached hydrogens (tertiary/aromatic N) is 4. The second kappa shape index (κ2) is 25.0. The van der Waals surface area contributed by atoms with E-state index in [9.17, 15) is 78.0 Å². The summed E-state index contributed by atoms with van der Waals surface area (Å²) in [5.41, 5.74) is 2.18. The molecule has 20 nitrogen and oxygen atoms in total. The Morgan fingerprint density at radius 3 is 0.473 bits per heavy atom. The number of imide groups is 4. The van der Waals surface area contributed by atoms with Crippen LogP contribution in [-0.2, 0) is 58.1 Å². The number of carbonyl (C=O) groups excluding carboxylic acids is 8. The average molecular weight is 1190 g/mol. The number of hydrogen-bond acceptors (Lipinski definition) is 12. The number of carboxylic acids is 4. The Hall–Kier alpha value is -7.43. The molecule has 8 rings (SSSR count). The van der Waals surface area contributed by atoms with Gasteiger partial charge in [0.15, 0.2) is 0 Å². The van der Waals surface area contributed by atoms with Gasteiger partial charge in [-0.3, -0.25) is 58.0 Å². The topological polar surface area (TPSA) is 299 Å². The van der Waals surface area contributed by atoms with E-state index in [1.807, 2.05) is 0 Å². The summed E-state index contributed by atoms with van der Waals surface area (Å²) in [4.78, 5) is 145. The Labute approximate surface area is 450 Å². The molecule has 4 aliphatic heterocycles. The third kappa shape index (κ3) is 11.8. The maximum absolute atomic E-state index is 12.1. The molecule has 0 bridgehead atoms. The van der Waals surface area contributed by atoms with Crippen molar-refractivity contribution in [3.63, 3.8) is 0 Å². The van der Waals surface area contributed by atoms with Crippen molar-refractivity contribution < 1.29 is 117 Å². The van der Waals surface area contributed by atoms with Crippen LogP contribution >= 0.6 is 0 Å². The van der Waals surface area contributed by atoms with E-state index in [0.717, 1.165) is 19.6 Å². The fraction of sp³-hybridized carbons (Fsp3) is 0.308. The van der Waals surface area contributed by atoms with Crippen LogP contribution in [0.4, 0.5) is 0 Å². The number of carbonyl (C=O) groups is 12. The van der Waals surface area contributed by atoms with E-state index < -0.39 is 95.3 Å². The van der Waals surface area contributed by atoms with Gasteiger partial charge in [-0.1, -0.05) is 104 Å². The first-order valence-corrected chi connectivity index (χ1v) is 22.6. The Morgan fingerprint density at radius 1 is 0.284 bits per heavy atom. The van der Waals surface area contributed by atoms with Gasteiger partial charge >= 0.3 is 23.9 Å². The smallest absolute Gasteiger partial charge is 0.327 e. The number of benzene rings is 4. The van der Waals surface area contributed by atoms with Crippen molar-refractivity contribution in [2.75, 3.05) is 0 Å². The third-order valence-corrected chi connectivity index (χ3v) is 12.0. The van der Waals surface area contributed by atoms with Crippen LogP contribution < -0.4 is 0 Å². The van der Waals surface area contributed by atoms with Crippen LogP contribution in [0.1, 0.15) is 138 Å². The number of rotatable bonds is 12. The first kappa shape index (κ1) is 60.9. The Kier molecular flexibility index (Phi) is 20.6. The van der Waals surface area contributed by atoms with Crippen molar-refractivity contribution in [1.29, 1.82) is 0 Å². The summed E-state index contributed by atoms with van der Waals surface area (Å²) in [5.74, 6) is -10.3. The fourth-order valence-electron chi connectivity index (χ4n) is 8.62. The zero-order chi connectivity index (χ0) is 53.8. The normalized spacial score (nSPS) is 15.6. The summed E-state index contributed by atoms with van der Waals surface area (Å²) in [6.07, 6.45) is 0. The molecule has 0 aliphatic carbocycles. The molecule has 4 N–H and O–H groups in total. The SMILES string of the molecule is CC(C)[C@@H](C(=O)O)N1C(=O)c2ccccc2C1=O.CC(C)[C@@H](C(=O)O)N1C(=O)c2ccccc2C1=O.CC(C)[C@@H](C(=O)O)N1C(=O)c2ccccc2C1=O.CC(C)[C@@H](C(=O)O)N1C(=O)c2ccccc2C1=O.[Rh].[Rh]. The van der Waals surface area contributed by atoms with Gasteiger partial charge in [0.1, 0.15) is 24.2 Å². The van der Waals surface area contributed by atoms with E-state index in [1.165, 1.54) is 48.5 Å². The molecule has 4 aliphatic rings. The van der Waals surface area contributed by atoms with Gasteiger partial charge in [0, 0.05) is 39.0 Å². The monoisotopic (exact) mass is 1190 g/mol. The summed E-state index contributed by atoms with van der Waals surface area (Å²) in [6.45, 7) is 13.4. The van der Waals surface area contributed by atoms with Crippen molar-refractivity contribution in [3.8, 4) is 0 Å². The number of amides is 8. The molecule has 0 fully saturated rings. The van der Waals surface area contributed by atoms with Gasteiger partial charge in [-0.25, -0.2) is 19.2 Å². The first-order chi connectivity index (χ1) is 33.8. The quantitative estimate of drug-likeness (QED) is 0.0997. The maximum atomic E-state index is 12.1. The number of aliphatic carboxylic acids is 4. The summed E-state index contributed by atoms with van der Waals surface area (Å²) < 4.78 is 0. The number of carboxylic acid groups (broad SMARTS) is 4. The van der Waals surface area contributed by atoms with Gasteiger partial charge in [0.25, 0.3) is 47.3 Å². The summed E-state index contributed by atoms with van der Waals surface area (Å²) in [7, 11) is 0. The minimum Gasteiger partial charge on any atom is -0.480 e. The van der Waals surface area contributed by atoms with E-state index in [4.69, 9.17) is 0 Å². The summed E-state index contributed by atoms with van der Waals surface area (Å²) in [5, 5.41) is 36.7. The van der Waals surface area contributed by atoms with Crippen LogP contribution in [0.2, 0.25) is 0 Å². The molecule has 4 atom stereocenters. The van der Waals surface area contributed by atoms with E-state index in [1.54, 1.807) is 104 Å². The molecular weight excluding hydrogens is 1140 g/mol. The molecule has 0 saturated heterocycles.